The zero-order valence-electron chi connectivity index (χ0n) is 16.6. The van der Waals surface area contributed by atoms with Gasteiger partial charge in [-0.05, 0) is 37.6 Å². The number of benzene rings is 1. The smallest absolute Gasteiger partial charge is 0.307 e. The van der Waals surface area contributed by atoms with Gasteiger partial charge < -0.3 is 9.64 Å². The van der Waals surface area contributed by atoms with Crippen LogP contribution in [0.25, 0.3) is 0 Å². The van der Waals surface area contributed by atoms with Crippen molar-refractivity contribution in [2.45, 2.75) is 38.0 Å². The number of nitrogens with zero attached hydrogens (tertiary/aromatic N) is 2. The molecule has 0 saturated carbocycles. The Kier molecular flexibility index (Phi) is 7.80. The summed E-state index contributed by atoms with van der Waals surface area (Å²) in [6.07, 6.45) is 6.05. The van der Waals surface area contributed by atoms with E-state index in [1.165, 1.54) is 11.8 Å². The van der Waals surface area contributed by atoms with Crippen LogP contribution in [0.5, 0.6) is 0 Å². The number of unbranched alkanes of at least 4 members (excludes halogenated alkanes) is 1. The van der Waals surface area contributed by atoms with E-state index in [1.54, 1.807) is 23.6 Å². The van der Waals surface area contributed by atoms with E-state index in [0.717, 1.165) is 28.5 Å². The minimum atomic E-state index is -0.210. The summed E-state index contributed by atoms with van der Waals surface area (Å²) >= 11 is 8.35. The van der Waals surface area contributed by atoms with Crippen LogP contribution in [-0.2, 0) is 14.3 Å². The Morgan fingerprint density at radius 1 is 1.14 bits per heavy atom. The zero-order chi connectivity index (χ0) is 20.8. The van der Waals surface area contributed by atoms with Crippen molar-refractivity contribution in [2.24, 2.45) is 0 Å². The van der Waals surface area contributed by atoms with Gasteiger partial charge >= 0.3 is 5.97 Å². The molecule has 2 aliphatic heterocycles. The van der Waals surface area contributed by atoms with Crippen LogP contribution in [0.1, 0.15) is 33.1 Å². The molecular weight excluding hydrogens is 424 g/mol. The molecule has 1 aromatic rings. The molecule has 0 aliphatic carbocycles. The molecule has 0 atom stereocenters. The number of hydrogen-bond acceptors (Lipinski definition) is 7. The van der Waals surface area contributed by atoms with E-state index in [9.17, 15) is 9.59 Å². The van der Waals surface area contributed by atoms with Gasteiger partial charge in [0.05, 0.1) is 28.6 Å². The average molecular weight is 449 g/mol. The fourth-order valence-corrected chi connectivity index (χ4v) is 5.35. The molecule has 154 valence electrons. The highest BCUT2D eigenvalue weighted by atomic mass is 32.2. The van der Waals surface area contributed by atoms with Gasteiger partial charge in [-0.1, -0.05) is 61.2 Å². The largest absolute Gasteiger partial charge is 0.466 e. The number of allylic oxidation sites excluding steroid dienone is 2. The predicted octanol–water partition coefficient (Wildman–Crippen LogP) is 4.94. The topological polar surface area (TPSA) is 49.9 Å². The van der Waals surface area contributed by atoms with Gasteiger partial charge in [-0.15, -0.1) is 0 Å². The number of hydrogen-bond donors (Lipinski definition) is 0. The molecule has 2 aliphatic rings. The van der Waals surface area contributed by atoms with Crippen LogP contribution in [0.15, 0.2) is 51.2 Å². The van der Waals surface area contributed by atoms with Crippen molar-refractivity contribution >= 4 is 57.6 Å². The molecule has 0 spiro atoms. The Morgan fingerprint density at radius 3 is 2.69 bits per heavy atom. The predicted molar refractivity (Wildman–Crippen MR) is 124 cm³/mol. The number of carbonyl (C=O) groups is 2. The number of thiocarbonyl (C=S) groups is 1. The second kappa shape index (κ2) is 10.3. The van der Waals surface area contributed by atoms with Crippen molar-refractivity contribution < 1.29 is 14.3 Å². The van der Waals surface area contributed by atoms with Crippen LogP contribution in [0.3, 0.4) is 0 Å². The number of anilines is 1. The lowest BCUT2D eigenvalue weighted by atomic mass is 10.2. The maximum Gasteiger partial charge on any atom is 0.307 e. The van der Waals surface area contributed by atoms with Crippen LogP contribution in [-0.4, -0.2) is 40.8 Å². The van der Waals surface area contributed by atoms with Crippen LogP contribution in [0.4, 0.5) is 5.69 Å². The van der Waals surface area contributed by atoms with E-state index in [-0.39, 0.29) is 11.9 Å². The summed E-state index contributed by atoms with van der Waals surface area (Å²) in [7, 11) is 0. The Labute approximate surface area is 185 Å². The summed E-state index contributed by atoms with van der Waals surface area (Å²) in [5.74, 6) is -0.234. The van der Waals surface area contributed by atoms with Crippen LogP contribution in [0.2, 0.25) is 0 Å². The van der Waals surface area contributed by atoms with Gasteiger partial charge in [0.25, 0.3) is 5.91 Å². The molecule has 1 amide bonds. The first-order valence-corrected chi connectivity index (χ1v) is 11.7. The highest BCUT2D eigenvalue weighted by molar-refractivity contribution is 8.26. The number of esters is 1. The first kappa shape index (κ1) is 21.9. The molecule has 0 radical (unpaired) electrons. The summed E-state index contributed by atoms with van der Waals surface area (Å²) in [6.45, 7) is 5.48. The lowest BCUT2D eigenvalue weighted by Gasteiger charge is -2.19. The molecule has 0 bridgehead atoms. The third-order valence-electron chi connectivity index (χ3n) is 4.47. The summed E-state index contributed by atoms with van der Waals surface area (Å²) in [6, 6.07) is 8.08. The number of rotatable bonds is 8. The van der Waals surface area contributed by atoms with E-state index in [0.29, 0.717) is 35.3 Å². The number of thioether (sulfide) groups is 2. The maximum absolute atomic E-state index is 12.7. The number of para-hydroxylation sites is 1. The lowest BCUT2D eigenvalue weighted by molar-refractivity contribution is -0.142. The molecule has 29 heavy (non-hydrogen) atoms. The third kappa shape index (κ3) is 5.24. The van der Waals surface area contributed by atoms with Gasteiger partial charge in [-0.3, -0.25) is 14.5 Å². The van der Waals surface area contributed by atoms with Crippen LogP contribution >= 0.6 is 35.7 Å². The molecule has 1 saturated heterocycles. The number of carbonyl (C=O) groups excluding carboxylic acids is 2. The molecule has 1 aromatic carbocycles. The summed E-state index contributed by atoms with van der Waals surface area (Å²) in [5.41, 5.74) is 1.07. The molecule has 8 heteroatoms. The van der Waals surface area contributed by atoms with Crippen LogP contribution < -0.4 is 4.90 Å². The van der Waals surface area contributed by atoms with Crippen molar-refractivity contribution in [1.82, 2.24) is 4.90 Å². The first-order chi connectivity index (χ1) is 14.0. The second-order valence-corrected chi connectivity index (χ2v) is 9.23. The Balaban J connectivity index is 1.78. The summed E-state index contributed by atoms with van der Waals surface area (Å²) in [5, 5.41) is 0.981. The van der Waals surface area contributed by atoms with Crippen LogP contribution in [0, 0.1) is 0 Å². The van der Waals surface area contributed by atoms with Gasteiger partial charge in [-0.2, -0.15) is 0 Å². The van der Waals surface area contributed by atoms with Gasteiger partial charge in [-0.25, -0.2) is 0 Å². The number of amides is 1. The number of fused-ring (bicyclic) bond motifs is 1. The summed E-state index contributed by atoms with van der Waals surface area (Å²) < 4.78 is 5.68. The van der Waals surface area contributed by atoms with E-state index >= 15 is 0 Å². The Hall–Kier alpha value is -1.77. The average Bonchev–Trinajstić information content (AvgIpc) is 3.20. The Bertz CT molecular complexity index is 866. The van der Waals surface area contributed by atoms with Gasteiger partial charge in [0, 0.05) is 18.0 Å². The molecule has 0 N–H and O–H groups in total. The minimum absolute atomic E-state index is 0.0242. The fraction of sp³-hybridized carbons (Fsp3) is 0.381. The quantitative estimate of drug-likeness (QED) is 0.317. The first-order valence-electron chi connectivity index (χ1n) is 9.70. The summed E-state index contributed by atoms with van der Waals surface area (Å²) in [4.78, 5) is 30.0. The maximum atomic E-state index is 12.7. The zero-order valence-corrected chi connectivity index (χ0v) is 19.0. The highest BCUT2D eigenvalue weighted by Crippen LogP contribution is 2.46. The van der Waals surface area contributed by atoms with E-state index < -0.39 is 0 Å². The molecule has 2 heterocycles. The van der Waals surface area contributed by atoms with Crippen molar-refractivity contribution in [3.05, 3.63) is 46.4 Å². The fourth-order valence-electron chi connectivity index (χ4n) is 3.01. The lowest BCUT2D eigenvalue weighted by Crippen LogP contribution is -2.28. The van der Waals surface area contributed by atoms with E-state index in [2.05, 4.69) is 17.9 Å². The van der Waals surface area contributed by atoms with Gasteiger partial charge in [0.2, 0.25) is 0 Å². The minimum Gasteiger partial charge on any atom is -0.466 e. The van der Waals surface area contributed by atoms with Gasteiger partial charge in [0.1, 0.15) is 4.32 Å². The van der Waals surface area contributed by atoms with E-state index in [1.807, 2.05) is 30.4 Å². The molecule has 0 unspecified atom stereocenters. The molecule has 1 fully saturated rings. The van der Waals surface area contributed by atoms with Gasteiger partial charge in [0.15, 0.2) is 0 Å². The monoisotopic (exact) mass is 448 g/mol. The second-order valence-electron chi connectivity index (χ2n) is 6.49. The van der Waals surface area contributed by atoms with Crippen molar-refractivity contribution in [1.29, 1.82) is 0 Å². The number of ether oxygens (including phenoxy) is 1. The molecule has 3 rings (SSSR count). The molecular formula is C21H24N2O3S3. The SMILES string of the molecule is CCCCN1C(=O)C(=CC=C2Sc3ccccc3N2CCC(=O)OCC)SC1=S. The van der Waals surface area contributed by atoms with Crippen molar-refractivity contribution in [3.8, 4) is 0 Å². The normalized spacial score (nSPS) is 18.8. The van der Waals surface area contributed by atoms with Crippen molar-refractivity contribution in [3.63, 3.8) is 0 Å². The molecule has 5 nitrogen and oxygen atoms in total. The molecule has 0 aromatic heterocycles. The standard InChI is InChI=1S/C21H24N2O3S3/c1-3-5-13-23-20(25)17(29-21(23)27)10-11-18-22(14-12-19(24)26-4-2)15-8-6-7-9-16(15)28-18/h6-11H,3-5,12-14H2,1-2H3. The van der Waals surface area contributed by atoms with E-state index in [4.69, 9.17) is 17.0 Å². The van der Waals surface area contributed by atoms with Crippen molar-refractivity contribution in [2.75, 3.05) is 24.6 Å². The highest BCUT2D eigenvalue weighted by Gasteiger charge is 2.31. The third-order valence-corrected chi connectivity index (χ3v) is 6.99. The Morgan fingerprint density at radius 2 is 1.93 bits per heavy atom.